The highest BCUT2D eigenvalue weighted by Gasteiger charge is 2.06. The monoisotopic (exact) mass is 328 g/mol. The van der Waals surface area contributed by atoms with Crippen molar-refractivity contribution in [2.75, 3.05) is 5.43 Å². The van der Waals surface area contributed by atoms with Crippen LogP contribution in [0, 0.1) is 0 Å². The summed E-state index contributed by atoms with van der Waals surface area (Å²) in [7, 11) is 0. The fraction of sp³-hybridized carbons (Fsp3) is 0.118. The largest absolute Gasteiger partial charge is 0.435 e. The lowest BCUT2D eigenvalue weighted by Gasteiger charge is -2.08. The lowest BCUT2D eigenvalue weighted by Crippen LogP contribution is -2.04. The maximum absolute atomic E-state index is 12.3. The van der Waals surface area contributed by atoms with Gasteiger partial charge in [-0.3, -0.25) is 5.43 Å². The number of anilines is 1. The van der Waals surface area contributed by atoms with Gasteiger partial charge in [0.2, 0.25) is 0 Å². The minimum atomic E-state index is -2.86. The summed E-state index contributed by atoms with van der Waals surface area (Å²) in [5.74, 6) is 0.606. The highest BCUT2D eigenvalue weighted by molar-refractivity contribution is 6.00. The van der Waals surface area contributed by atoms with Gasteiger partial charge in [-0.05, 0) is 19.1 Å². The van der Waals surface area contributed by atoms with Crippen LogP contribution in [0.4, 0.5) is 14.6 Å². The third-order valence-electron chi connectivity index (χ3n) is 3.38. The van der Waals surface area contributed by atoms with E-state index in [1.807, 2.05) is 24.3 Å². The van der Waals surface area contributed by atoms with Crippen LogP contribution in [0.1, 0.15) is 12.5 Å². The second-order valence-corrected chi connectivity index (χ2v) is 5.00. The molecule has 0 saturated carbocycles. The molecule has 3 aromatic rings. The van der Waals surface area contributed by atoms with Crippen LogP contribution in [0.5, 0.6) is 5.75 Å². The maximum Gasteiger partial charge on any atom is 0.387 e. The maximum atomic E-state index is 12.3. The van der Waals surface area contributed by atoms with E-state index in [1.165, 1.54) is 12.1 Å². The van der Waals surface area contributed by atoms with Crippen LogP contribution in [0.15, 0.2) is 59.8 Å². The van der Waals surface area contributed by atoms with Crippen LogP contribution in [0.25, 0.3) is 10.8 Å². The molecule has 122 valence electrons. The number of hydrazone groups is 1. The van der Waals surface area contributed by atoms with Gasteiger partial charge in [0.05, 0.1) is 11.9 Å². The van der Waals surface area contributed by atoms with Gasteiger partial charge < -0.3 is 4.74 Å². The van der Waals surface area contributed by atoms with Gasteiger partial charge in [0.15, 0.2) is 5.82 Å². The highest BCUT2D eigenvalue weighted by atomic mass is 19.3. The summed E-state index contributed by atoms with van der Waals surface area (Å²) in [6.07, 6.45) is 1.67. The Morgan fingerprint density at radius 1 is 1.17 bits per heavy atom. The van der Waals surface area contributed by atoms with E-state index in [0.29, 0.717) is 17.1 Å². The van der Waals surface area contributed by atoms with Crippen molar-refractivity contribution in [3.8, 4) is 5.75 Å². The molecule has 0 amide bonds. The molecule has 0 saturated heterocycles. The van der Waals surface area contributed by atoms with Gasteiger partial charge >= 0.3 is 6.61 Å². The van der Waals surface area contributed by atoms with Crippen LogP contribution in [-0.4, -0.2) is 22.5 Å². The standard InChI is InChI=1S/C17H14F2N4O/c1-11(12-6-4-7-14(9-12)24-17(18)19)21-23-16-15-8-3-2-5-13(15)10-20-22-16/h2-10,17H,1H3,(H,22,23)/b21-11+. The zero-order valence-electron chi connectivity index (χ0n) is 12.8. The highest BCUT2D eigenvalue weighted by Crippen LogP contribution is 2.20. The molecule has 7 heteroatoms. The van der Waals surface area contributed by atoms with E-state index >= 15 is 0 Å². The first kappa shape index (κ1) is 15.8. The molecule has 0 fully saturated rings. The average molecular weight is 328 g/mol. The molecule has 1 N–H and O–H groups in total. The summed E-state index contributed by atoms with van der Waals surface area (Å²) in [6, 6.07) is 14.0. The van der Waals surface area contributed by atoms with E-state index < -0.39 is 6.61 Å². The van der Waals surface area contributed by atoms with Gasteiger partial charge in [0, 0.05) is 16.3 Å². The number of ether oxygens (including phenoxy) is 1. The Labute approximate surface area is 137 Å². The number of benzene rings is 2. The second kappa shape index (κ2) is 6.99. The molecule has 1 heterocycles. The number of alkyl halides is 2. The number of nitrogens with one attached hydrogen (secondary N) is 1. The number of hydrogen-bond donors (Lipinski definition) is 1. The third-order valence-corrected chi connectivity index (χ3v) is 3.38. The van der Waals surface area contributed by atoms with Gasteiger partial charge in [-0.15, -0.1) is 5.10 Å². The van der Waals surface area contributed by atoms with Gasteiger partial charge in [0.1, 0.15) is 5.75 Å². The van der Waals surface area contributed by atoms with Crippen molar-refractivity contribution >= 4 is 22.3 Å². The Morgan fingerprint density at radius 2 is 2.00 bits per heavy atom. The lowest BCUT2D eigenvalue weighted by atomic mass is 10.1. The van der Waals surface area contributed by atoms with Crippen molar-refractivity contribution in [3.63, 3.8) is 0 Å². The number of fused-ring (bicyclic) bond motifs is 1. The van der Waals surface area contributed by atoms with Crippen molar-refractivity contribution in [2.45, 2.75) is 13.5 Å². The SMILES string of the molecule is C/C(=N\Nc1nncc2ccccc12)c1cccc(OC(F)F)c1. The van der Waals surface area contributed by atoms with E-state index in [0.717, 1.165) is 10.8 Å². The Kier molecular flexibility index (Phi) is 4.60. The van der Waals surface area contributed by atoms with Crippen LogP contribution in [0.2, 0.25) is 0 Å². The fourth-order valence-corrected chi connectivity index (χ4v) is 2.21. The van der Waals surface area contributed by atoms with Gasteiger partial charge in [0.25, 0.3) is 0 Å². The number of hydrogen-bond acceptors (Lipinski definition) is 5. The van der Waals surface area contributed by atoms with Gasteiger partial charge in [-0.25, -0.2) is 0 Å². The topological polar surface area (TPSA) is 59.4 Å². The predicted molar refractivity (Wildman–Crippen MR) is 88.4 cm³/mol. The molecule has 0 aliphatic rings. The molecule has 0 aliphatic heterocycles. The number of rotatable bonds is 5. The van der Waals surface area contributed by atoms with Gasteiger partial charge in [-0.1, -0.05) is 36.4 Å². The summed E-state index contributed by atoms with van der Waals surface area (Å²) in [6.45, 7) is -1.10. The predicted octanol–water partition coefficient (Wildman–Crippen LogP) is 4.07. The first-order chi connectivity index (χ1) is 11.6. The van der Waals surface area contributed by atoms with E-state index in [2.05, 4.69) is 25.5 Å². The number of aromatic nitrogens is 2. The molecule has 24 heavy (non-hydrogen) atoms. The minimum absolute atomic E-state index is 0.0852. The molecular weight excluding hydrogens is 314 g/mol. The molecule has 0 atom stereocenters. The quantitative estimate of drug-likeness (QED) is 0.566. The normalized spacial score (nSPS) is 11.8. The molecule has 0 aliphatic carbocycles. The van der Waals surface area contributed by atoms with Crippen LogP contribution in [-0.2, 0) is 0 Å². The van der Waals surface area contributed by atoms with Crippen LogP contribution in [0.3, 0.4) is 0 Å². The second-order valence-electron chi connectivity index (χ2n) is 5.00. The Morgan fingerprint density at radius 3 is 2.83 bits per heavy atom. The zero-order valence-corrected chi connectivity index (χ0v) is 12.8. The summed E-state index contributed by atoms with van der Waals surface area (Å²) in [5.41, 5.74) is 4.13. The zero-order chi connectivity index (χ0) is 16.9. The van der Waals surface area contributed by atoms with Crippen LogP contribution < -0.4 is 10.2 Å². The van der Waals surface area contributed by atoms with Crippen LogP contribution >= 0.6 is 0 Å². The number of halogens is 2. The van der Waals surface area contributed by atoms with E-state index in [-0.39, 0.29) is 5.75 Å². The number of nitrogens with zero attached hydrogens (tertiary/aromatic N) is 3. The summed E-state index contributed by atoms with van der Waals surface area (Å²) in [4.78, 5) is 0. The summed E-state index contributed by atoms with van der Waals surface area (Å²) >= 11 is 0. The summed E-state index contributed by atoms with van der Waals surface area (Å²) < 4.78 is 29.0. The van der Waals surface area contributed by atoms with Crippen molar-refractivity contribution in [3.05, 3.63) is 60.3 Å². The van der Waals surface area contributed by atoms with E-state index in [9.17, 15) is 8.78 Å². The molecule has 1 aromatic heterocycles. The molecular formula is C17H14F2N4O. The Balaban J connectivity index is 1.83. The molecule has 0 radical (unpaired) electrons. The smallest absolute Gasteiger partial charge is 0.387 e. The minimum Gasteiger partial charge on any atom is -0.435 e. The lowest BCUT2D eigenvalue weighted by molar-refractivity contribution is -0.0498. The van der Waals surface area contributed by atoms with Gasteiger partial charge in [-0.2, -0.15) is 19.0 Å². The Bertz CT molecular complexity index is 878. The molecule has 0 bridgehead atoms. The first-order valence-corrected chi connectivity index (χ1v) is 7.19. The Hall–Kier alpha value is -3.09. The molecule has 2 aromatic carbocycles. The molecule has 0 unspecified atom stereocenters. The average Bonchev–Trinajstić information content (AvgIpc) is 2.59. The van der Waals surface area contributed by atoms with E-state index in [4.69, 9.17) is 0 Å². The van der Waals surface area contributed by atoms with Crippen molar-refractivity contribution in [2.24, 2.45) is 5.10 Å². The summed E-state index contributed by atoms with van der Waals surface area (Å²) in [5, 5.41) is 14.0. The molecule has 3 rings (SSSR count). The van der Waals surface area contributed by atoms with Crippen molar-refractivity contribution in [1.29, 1.82) is 0 Å². The third kappa shape index (κ3) is 3.62. The van der Waals surface area contributed by atoms with Crippen molar-refractivity contribution < 1.29 is 13.5 Å². The fourth-order valence-electron chi connectivity index (χ4n) is 2.21. The molecule has 5 nitrogen and oxygen atoms in total. The van der Waals surface area contributed by atoms with E-state index in [1.54, 1.807) is 25.3 Å². The van der Waals surface area contributed by atoms with Crippen molar-refractivity contribution in [1.82, 2.24) is 10.2 Å². The first-order valence-electron chi connectivity index (χ1n) is 7.19. The molecule has 0 spiro atoms.